The Morgan fingerprint density at radius 3 is 2.33 bits per heavy atom. The molecule has 2 aliphatic rings. The molecule has 1 aliphatic heterocycles. The minimum absolute atomic E-state index is 0.112. The molecule has 6 heteroatoms. The number of ketones is 1. The Labute approximate surface area is 177 Å². The van der Waals surface area contributed by atoms with E-state index < -0.39 is 0 Å². The van der Waals surface area contributed by atoms with Gasteiger partial charge in [-0.3, -0.25) is 4.79 Å². The van der Waals surface area contributed by atoms with E-state index >= 15 is 0 Å². The average Bonchev–Trinajstić information content (AvgIpc) is 3.16. The molecule has 1 aliphatic carbocycles. The summed E-state index contributed by atoms with van der Waals surface area (Å²) in [4.78, 5) is 21.3. The molecule has 0 amide bonds. The number of piperazine rings is 1. The predicted octanol–water partition coefficient (Wildman–Crippen LogP) is 3.49. The van der Waals surface area contributed by atoms with Gasteiger partial charge in [0.15, 0.2) is 5.78 Å². The van der Waals surface area contributed by atoms with E-state index in [2.05, 4.69) is 56.2 Å². The fourth-order valence-corrected chi connectivity index (χ4v) is 4.64. The highest BCUT2D eigenvalue weighted by atomic mass is 16.1. The van der Waals surface area contributed by atoms with Crippen LogP contribution >= 0.6 is 0 Å². The van der Waals surface area contributed by atoms with Crippen LogP contribution in [0.3, 0.4) is 0 Å². The number of Topliss-reactive ketones (excluding diaryl/α,β-unsaturated/α-hetero) is 1. The number of rotatable bonds is 5. The van der Waals surface area contributed by atoms with E-state index in [4.69, 9.17) is 4.98 Å². The molecule has 1 N–H and O–H groups in total. The molecule has 3 heterocycles. The fourth-order valence-electron chi connectivity index (χ4n) is 4.64. The van der Waals surface area contributed by atoms with Gasteiger partial charge in [-0.1, -0.05) is 0 Å². The maximum atomic E-state index is 11.5. The number of hydrogen-bond donors (Lipinski definition) is 1. The van der Waals surface area contributed by atoms with Gasteiger partial charge in [-0.25, -0.2) is 4.98 Å². The van der Waals surface area contributed by atoms with Crippen LogP contribution < -0.4 is 15.1 Å². The number of benzene rings is 1. The van der Waals surface area contributed by atoms with E-state index in [0.717, 1.165) is 43.2 Å². The second-order valence-electron chi connectivity index (χ2n) is 8.49. The Balaban J connectivity index is 1.28. The van der Waals surface area contributed by atoms with Crippen LogP contribution in [0.2, 0.25) is 0 Å². The molecule has 0 bridgehead atoms. The van der Waals surface area contributed by atoms with Crippen LogP contribution in [0.4, 0.5) is 11.5 Å². The van der Waals surface area contributed by atoms with Crippen LogP contribution in [0.5, 0.6) is 0 Å². The number of anilines is 2. The topological polar surface area (TPSA) is 53.4 Å². The largest absolute Gasteiger partial charge is 0.368 e. The summed E-state index contributed by atoms with van der Waals surface area (Å²) >= 11 is 0. The van der Waals surface area contributed by atoms with Crippen molar-refractivity contribution in [2.45, 2.75) is 31.8 Å². The third-order valence-electron chi connectivity index (χ3n) is 6.71. The summed E-state index contributed by atoms with van der Waals surface area (Å²) < 4.78 is 2.36. The van der Waals surface area contributed by atoms with Crippen LogP contribution in [-0.2, 0) is 0 Å². The maximum Gasteiger partial charge on any atom is 0.159 e. The third-order valence-corrected chi connectivity index (χ3v) is 6.71. The molecule has 156 valence electrons. The zero-order valence-electron chi connectivity index (χ0n) is 17.7. The standard InChI is InChI=1S/C24H29N5O/c1-17(30)18-3-6-21(7-4-18)27-11-13-28(14-12-27)23-8-5-19-9-10-29(24(19)26-23)22-15-20(16-22)25-2/h3-10,20,22,25H,11-16H2,1-2H3. The molecule has 1 saturated heterocycles. The van der Waals surface area contributed by atoms with Crippen molar-refractivity contribution in [3.63, 3.8) is 0 Å². The van der Waals surface area contributed by atoms with Gasteiger partial charge in [0.2, 0.25) is 0 Å². The molecule has 2 fully saturated rings. The molecule has 1 saturated carbocycles. The van der Waals surface area contributed by atoms with Gasteiger partial charge in [-0.2, -0.15) is 0 Å². The monoisotopic (exact) mass is 403 g/mol. The van der Waals surface area contributed by atoms with Crippen molar-refractivity contribution in [2.24, 2.45) is 0 Å². The van der Waals surface area contributed by atoms with Gasteiger partial charge in [0.25, 0.3) is 0 Å². The van der Waals surface area contributed by atoms with Crippen molar-refractivity contribution in [3.05, 3.63) is 54.2 Å². The summed E-state index contributed by atoms with van der Waals surface area (Å²) in [6, 6.07) is 15.7. The van der Waals surface area contributed by atoms with Crippen LogP contribution in [0.15, 0.2) is 48.7 Å². The van der Waals surface area contributed by atoms with Crippen molar-refractivity contribution in [1.29, 1.82) is 0 Å². The first-order valence-electron chi connectivity index (χ1n) is 10.9. The number of carbonyl (C=O) groups is 1. The van der Waals surface area contributed by atoms with E-state index in [9.17, 15) is 4.79 Å². The predicted molar refractivity (Wildman–Crippen MR) is 122 cm³/mol. The van der Waals surface area contributed by atoms with Crippen LogP contribution in [0.1, 0.15) is 36.2 Å². The lowest BCUT2D eigenvalue weighted by molar-refractivity contribution is 0.101. The molecule has 30 heavy (non-hydrogen) atoms. The minimum Gasteiger partial charge on any atom is -0.368 e. The molecule has 0 unspecified atom stereocenters. The van der Waals surface area contributed by atoms with Gasteiger partial charge in [0.05, 0.1) is 0 Å². The number of nitrogens with one attached hydrogen (secondary N) is 1. The average molecular weight is 404 g/mol. The van der Waals surface area contributed by atoms with Crippen molar-refractivity contribution in [2.75, 3.05) is 43.0 Å². The molecule has 6 nitrogen and oxygen atoms in total. The lowest BCUT2D eigenvalue weighted by Crippen LogP contribution is -2.46. The van der Waals surface area contributed by atoms with E-state index in [-0.39, 0.29) is 5.78 Å². The summed E-state index contributed by atoms with van der Waals surface area (Å²) in [6.07, 6.45) is 4.54. The van der Waals surface area contributed by atoms with Crippen LogP contribution in [0, 0.1) is 0 Å². The van der Waals surface area contributed by atoms with E-state index in [1.54, 1.807) is 6.92 Å². The molecule has 0 spiro atoms. The first kappa shape index (κ1) is 19.1. The number of pyridine rings is 1. The van der Waals surface area contributed by atoms with E-state index in [1.165, 1.54) is 23.9 Å². The second-order valence-corrected chi connectivity index (χ2v) is 8.49. The summed E-state index contributed by atoms with van der Waals surface area (Å²) in [5.41, 5.74) is 3.06. The molecular weight excluding hydrogens is 374 g/mol. The molecular formula is C24H29N5O. The first-order valence-corrected chi connectivity index (χ1v) is 10.9. The molecule has 0 radical (unpaired) electrons. The summed E-state index contributed by atoms with van der Waals surface area (Å²) in [7, 11) is 2.04. The van der Waals surface area contributed by atoms with Gasteiger partial charge in [0.1, 0.15) is 11.5 Å². The highest BCUT2D eigenvalue weighted by molar-refractivity contribution is 5.94. The number of hydrogen-bond acceptors (Lipinski definition) is 5. The number of carbonyl (C=O) groups excluding carboxylic acids is 1. The van der Waals surface area contributed by atoms with Crippen molar-refractivity contribution >= 4 is 28.3 Å². The smallest absolute Gasteiger partial charge is 0.159 e. The lowest BCUT2D eigenvalue weighted by Gasteiger charge is -2.37. The molecule has 2 aromatic heterocycles. The normalized spacial score (nSPS) is 21.7. The summed E-state index contributed by atoms with van der Waals surface area (Å²) in [6.45, 7) is 5.40. The van der Waals surface area contributed by atoms with Gasteiger partial charge in [-0.15, -0.1) is 0 Å². The first-order chi connectivity index (χ1) is 14.6. The number of nitrogens with zero attached hydrogens (tertiary/aromatic N) is 4. The highest BCUT2D eigenvalue weighted by Crippen LogP contribution is 2.35. The zero-order chi connectivity index (χ0) is 20.7. The van der Waals surface area contributed by atoms with Crippen molar-refractivity contribution < 1.29 is 4.79 Å². The van der Waals surface area contributed by atoms with Gasteiger partial charge in [-0.05, 0) is 69.3 Å². The summed E-state index contributed by atoms with van der Waals surface area (Å²) in [5, 5.41) is 4.59. The molecule has 1 aromatic carbocycles. The molecule has 0 atom stereocenters. The Morgan fingerprint density at radius 1 is 0.967 bits per heavy atom. The zero-order valence-corrected chi connectivity index (χ0v) is 17.7. The number of aromatic nitrogens is 2. The summed E-state index contributed by atoms with van der Waals surface area (Å²) in [5.74, 6) is 1.18. The van der Waals surface area contributed by atoms with Crippen LogP contribution in [0.25, 0.3) is 11.0 Å². The van der Waals surface area contributed by atoms with Crippen molar-refractivity contribution in [1.82, 2.24) is 14.9 Å². The Morgan fingerprint density at radius 2 is 1.67 bits per heavy atom. The number of fused-ring (bicyclic) bond motifs is 1. The van der Waals surface area contributed by atoms with Gasteiger partial charge >= 0.3 is 0 Å². The minimum atomic E-state index is 0.112. The van der Waals surface area contributed by atoms with E-state index in [0.29, 0.717) is 12.1 Å². The van der Waals surface area contributed by atoms with Crippen LogP contribution in [-0.4, -0.2) is 54.6 Å². The van der Waals surface area contributed by atoms with Gasteiger partial charge in [0, 0.05) is 61.1 Å². The quantitative estimate of drug-likeness (QED) is 0.661. The third kappa shape index (κ3) is 3.45. The van der Waals surface area contributed by atoms with Gasteiger partial charge < -0.3 is 19.7 Å². The second kappa shape index (κ2) is 7.76. The molecule has 5 rings (SSSR count). The molecule has 3 aromatic rings. The maximum absolute atomic E-state index is 11.5. The SMILES string of the molecule is CNC1CC(n2ccc3ccc(N4CCN(c5ccc(C(C)=O)cc5)CC4)nc32)C1. The lowest BCUT2D eigenvalue weighted by atomic mass is 9.87. The Hall–Kier alpha value is -2.86. The fraction of sp³-hybridized carbons (Fsp3) is 0.417. The Bertz CT molecular complexity index is 1040. The van der Waals surface area contributed by atoms with E-state index in [1.807, 2.05) is 19.2 Å². The Kier molecular flexibility index (Phi) is 4.95. The highest BCUT2D eigenvalue weighted by Gasteiger charge is 2.30. The van der Waals surface area contributed by atoms with Crippen molar-refractivity contribution in [3.8, 4) is 0 Å².